The molecule has 14 heavy (non-hydrogen) atoms. The van der Waals surface area contributed by atoms with Crippen molar-refractivity contribution in [1.82, 2.24) is 10.6 Å². The second-order valence-electron chi connectivity index (χ2n) is 2.82. The first kappa shape index (κ1) is 10.7. The molecular formula is C9H12N2O2S. The molecule has 1 heterocycles. The molecule has 0 radical (unpaired) electrons. The lowest BCUT2D eigenvalue weighted by Gasteiger charge is -2.04. The van der Waals surface area contributed by atoms with E-state index in [4.69, 9.17) is 0 Å². The minimum absolute atomic E-state index is 0.0590. The van der Waals surface area contributed by atoms with Gasteiger partial charge in [-0.25, -0.2) is 4.79 Å². The second kappa shape index (κ2) is 5.39. The molecule has 1 rings (SSSR count). The molecule has 5 heteroatoms. The van der Waals surface area contributed by atoms with Crippen molar-refractivity contribution in [2.75, 3.05) is 6.54 Å². The van der Waals surface area contributed by atoms with Crippen molar-refractivity contribution < 1.29 is 9.59 Å². The van der Waals surface area contributed by atoms with Gasteiger partial charge in [-0.05, 0) is 18.4 Å². The van der Waals surface area contributed by atoms with Crippen LogP contribution in [0, 0.1) is 0 Å². The van der Waals surface area contributed by atoms with Gasteiger partial charge in [0.1, 0.15) is 5.78 Å². The van der Waals surface area contributed by atoms with Crippen LogP contribution in [0.1, 0.15) is 11.8 Å². The largest absolute Gasteiger partial charge is 0.333 e. The van der Waals surface area contributed by atoms with E-state index in [1.165, 1.54) is 6.92 Å². The van der Waals surface area contributed by atoms with E-state index >= 15 is 0 Å². The molecule has 2 amide bonds. The maximum Gasteiger partial charge on any atom is 0.315 e. The lowest BCUT2D eigenvalue weighted by atomic mass is 10.4. The molecule has 0 saturated carbocycles. The van der Waals surface area contributed by atoms with Crippen molar-refractivity contribution in [2.45, 2.75) is 13.5 Å². The molecule has 0 aliphatic heterocycles. The SMILES string of the molecule is CC(=O)CNC(=O)NCc1cccs1. The lowest BCUT2D eigenvalue weighted by Crippen LogP contribution is -2.37. The normalized spacial score (nSPS) is 9.50. The highest BCUT2D eigenvalue weighted by Gasteiger charge is 2.01. The summed E-state index contributed by atoms with van der Waals surface area (Å²) in [5.41, 5.74) is 0. The van der Waals surface area contributed by atoms with E-state index < -0.39 is 0 Å². The van der Waals surface area contributed by atoms with Crippen LogP contribution in [0.15, 0.2) is 17.5 Å². The van der Waals surface area contributed by atoms with Crippen LogP contribution in [-0.2, 0) is 11.3 Å². The van der Waals surface area contributed by atoms with E-state index in [1.807, 2.05) is 17.5 Å². The number of rotatable bonds is 4. The van der Waals surface area contributed by atoms with Gasteiger partial charge in [-0.15, -0.1) is 11.3 Å². The maximum absolute atomic E-state index is 11.1. The van der Waals surface area contributed by atoms with Gasteiger partial charge in [-0.1, -0.05) is 6.07 Å². The van der Waals surface area contributed by atoms with Gasteiger partial charge in [0, 0.05) is 4.88 Å². The molecule has 1 aromatic rings. The smallest absolute Gasteiger partial charge is 0.315 e. The summed E-state index contributed by atoms with van der Waals surface area (Å²) in [5, 5.41) is 7.05. The van der Waals surface area contributed by atoms with Crippen LogP contribution in [0.3, 0.4) is 0 Å². The van der Waals surface area contributed by atoms with E-state index in [1.54, 1.807) is 11.3 Å². The monoisotopic (exact) mass is 212 g/mol. The third-order valence-corrected chi connectivity index (χ3v) is 2.38. The first-order valence-corrected chi connectivity index (χ1v) is 5.10. The summed E-state index contributed by atoms with van der Waals surface area (Å²) in [6.07, 6.45) is 0. The Morgan fingerprint density at radius 3 is 2.79 bits per heavy atom. The van der Waals surface area contributed by atoms with Gasteiger partial charge in [0.25, 0.3) is 0 Å². The van der Waals surface area contributed by atoms with Crippen molar-refractivity contribution in [3.63, 3.8) is 0 Å². The minimum atomic E-state index is -0.311. The Hall–Kier alpha value is -1.36. The van der Waals surface area contributed by atoms with Crippen LogP contribution < -0.4 is 10.6 Å². The van der Waals surface area contributed by atoms with Gasteiger partial charge in [0.2, 0.25) is 0 Å². The Kier molecular flexibility index (Phi) is 4.12. The molecule has 0 aromatic carbocycles. The van der Waals surface area contributed by atoms with Crippen molar-refractivity contribution in [3.8, 4) is 0 Å². The van der Waals surface area contributed by atoms with E-state index in [0.29, 0.717) is 6.54 Å². The van der Waals surface area contributed by atoms with Crippen LogP contribution >= 0.6 is 11.3 Å². The Bertz CT molecular complexity index is 309. The molecule has 0 aliphatic carbocycles. The van der Waals surface area contributed by atoms with Crippen molar-refractivity contribution in [1.29, 1.82) is 0 Å². The van der Waals surface area contributed by atoms with E-state index in [0.717, 1.165) is 4.88 Å². The standard InChI is InChI=1S/C9H12N2O2S/c1-7(12)5-10-9(13)11-6-8-3-2-4-14-8/h2-4H,5-6H2,1H3,(H2,10,11,13). The minimum Gasteiger partial charge on any atom is -0.333 e. The van der Waals surface area contributed by atoms with Gasteiger partial charge >= 0.3 is 6.03 Å². The molecule has 4 nitrogen and oxygen atoms in total. The Labute approximate surface area is 86.3 Å². The third-order valence-electron chi connectivity index (χ3n) is 1.50. The van der Waals surface area contributed by atoms with Gasteiger partial charge in [-0.3, -0.25) is 4.79 Å². The first-order valence-electron chi connectivity index (χ1n) is 4.22. The van der Waals surface area contributed by atoms with Gasteiger partial charge in [-0.2, -0.15) is 0 Å². The van der Waals surface area contributed by atoms with Crippen LogP contribution in [-0.4, -0.2) is 18.4 Å². The van der Waals surface area contributed by atoms with Gasteiger partial charge in [0.05, 0.1) is 13.1 Å². The Morgan fingerprint density at radius 2 is 2.21 bits per heavy atom. The zero-order valence-corrected chi connectivity index (χ0v) is 8.69. The zero-order valence-electron chi connectivity index (χ0n) is 7.87. The topological polar surface area (TPSA) is 58.2 Å². The van der Waals surface area contributed by atoms with Crippen molar-refractivity contribution in [3.05, 3.63) is 22.4 Å². The Balaban J connectivity index is 2.18. The highest BCUT2D eigenvalue weighted by Crippen LogP contribution is 2.06. The summed E-state index contributed by atoms with van der Waals surface area (Å²) in [7, 11) is 0. The fraction of sp³-hybridized carbons (Fsp3) is 0.333. The van der Waals surface area contributed by atoms with E-state index in [9.17, 15) is 9.59 Å². The lowest BCUT2D eigenvalue weighted by molar-refractivity contribution is -0.116. The average Bonchev–Trinajstić information content (AvgIpc) is 2.63. The number of urea groups is 1. The molecule has 2 N–H and O–H groups in total. The molecule has 0 unspecified atom stereocenters. The van der Waals surface area contributed by atoms with Crippen LogP contribution in [0.2, 0.25) is 0 Å². The number of carbonyl (C=O) groups excluding carboxylic acids is 2. The van der Waals surface area contributed by atoms with Gasteiger partial charge < -0.3 is 10.6 Å². The summed E-state index contributed by atoms with van der Waals surface area (Å²) in [6, 6.07) is 3.55. The second-order valence-corrected chi connectivity index (χ2v) is 3.85. The number of nitrogens with one attached hydrogen (secondary N) is 2. The number of carbonyl (C=O) groups is 2. The molecule has 0 bridgehead atoms. The molecule has 1 aromatic heterocycles. The third kappa shape index (κ3) is 4.04. The zero-order chi connectivity index (χ0) is 10.4. The first-order chi connectivity index (χ1) is 6.68. The predicted octanol–water partition coefficient (Wildman–Crippen LogP) is 1.14. The fourth-order valence-electron chi connectivity index (χ4n) is 0.848. The van der Waals surface area contributed by atoms with E-state index in [-0.39, 0.29) is 18.4 Å². The molecule has 0 fully saturated rings. The molecule has 0 saturated heterocycles. The maximum atomic E-state index is 11.1. The van der Waals surface area contributed by atoms with Gasteiger partial charge in [0.15, 0.2) is 0 Å². The highest BCUT2D eigenvalue weighted by atomic mass is 32.1. The highest BCUT2D eigenvalue weighted by molar-refractivity contribution is 7.09. The molecule has 0 spiro atoms. The molecule has 76 valence electrons. The molecular weight excluding hydrogens is 200 g/mol. The van der Waals surface area contributed by atoms with Crippen molar-refractivity contribution in [2.24, 2.45) is 0 Å². The van der Waals surface area contributed by atoms with Crippen molar-refractivity contribution >= 4 is 23.2 Å². The average molecular weight is 212 g/mol. The van der Waals surface area contributed by atoms with Crippen LogP contribution in [0.25, 0.3) is 0 Å². The summed E-state index contributed by atoms with van der Waals surface area (Å²) >= 11 is 1.58. The van der Waals surface area contributed by atoms with E-state index in [2.05, 4.69) is 10.6 Å². The number of hydrogen-bond acceptors (Lipinski definition) is 3. The predicted molar refractivity (Wildman–Crippen MR) is 55.2 cm³/mol. The number of hydrogen-bond donors (Lipinski definition) is 2. The van der Waals surface area contributed by atoms with Crippen LogP contribution in [0.5, 0.6) is 0 Å². The number of ketones is 1. The summed E-state index contributed by atoms with van der Waals surface area (Å²) < 4.78 is 0. The quantitative estimate of drug-likeness (QED) is 0.786. The number of amides is 2. The number of thiophene rings is 1. The number of Topliss-reactive ketones (excluding diaryl/α,β-unsaturated/α-hetero) is 1. The fourth-order valence-corrected chi connectivity index (χ4v) is 1.49. The summed E-state index contributed by atoms with van der Waals surface area (Å²) in [4.78, 5) is 22.7. The Morgan fingerprint density at radius 1 is 1.43 bits per heavy atom. The molecule has 0 atom stereocenters. The summed E-state index contributed by atoms with van der Waals surface area (Å²) in [5.74, 6) is -0.0590. The summed E-state index contributed by atoms with van der Waals surface area (Å²) in [6.45, 7) is 2.01. The van der Waals surface area contributed by atoms with Crippen LogP contribution in [0.4, 0.5) is 4.79 Å². The molecule has 0 aliphatic rings.